The van der Waals surface area contributed by atoms with Crippen molar-refractivity contribution in [3.8, 4) is 0 Å². The molecular formula is C14H19ClN4O3. The number of anilines is 2. The third-order valence-electron chi connectivity index (χ3n) is 4.01. The van der Waals surface area contributed by atoms with Crippen molar-refractivity contribution < 1.29 is 14.3 Å². The van der Waals surface area contributed by atoms with Gasteiger partial charge >= 0.3 is 5.97 Å². The van der Waals surface area contributed by atoms with Crippen LogP contribution in [0.15, 0.2) is 0 Å². The molecule has 1 aromatic rings. The average molecular weight is 327 g/mol. The highest BCUT2D eigenvalue weighted by Gasteiger charge is 2.38. The normalized spacial score (nSPS) is 25.1. The third-order valence-corrected chi connectivity index (χ3v) is 4.18. The van der Waals surface area contributed by atoms with Crippen molar-refractivity contribution >= 4 is 29.1 Å². The molecule has 0 aromatic carbocycles. The number of nitrogen functional groups attached to an aromatic ring is 1. The van der Waals surface area contributed by atoms with Gasteiger partial charge in [0.25, 0.3) is 0 Å². The van der Waals surface area contributed by atoms with Gasteiger partial charge < -0.3 is 20.1 Å². The molecule has 2 aliphatic rings. The van der Waals surface area contributed by atoms with Gasteiger partial charge in [0.05, 0.1) is 19.3 Å². The second-order valence-electron chi connectivity index (χ2n) is 5.80. The highest BCUT2D eigenvalue weighted by Crippen LogP contribution is 2.38. The highest BCUT2D eigenvalue weighted by atomic mass is 35.5. The molecule has 2 unspecified atom stereocenters. The molecule has 22 heavy (non-hydrogen) atoms. The minimum atomic E-state index is -0.622. The molecule has 2 atom stereocenters. The number of methoxy groups -OCH3 is 1. The summed E-state index contributed by atoms with van der Waals surface area (Å²) in [7, 11) is 1.28. The van der Waals surface area contributed by atoms with Crippen molar-refractivity contribution in [2.45, 2.75) is 32.0 Å². The number of halogens is 1. The van der Waals surface area contributed by atoms with Gasteiger partial charge in [0, 0.05) is 13.1 Å². The molecule has 2 fully saturated rings. The summed E-state index contributed by atoms with van der Waals surface area (Å²) in [6, 6.07) is 0. The molecule has 1 aromatic heterocycles. The molecule has 3 rings (SSSR count). The summed E-state index contributed by atoms with van der Waals surface area (Å²) in [5.41, 5.74) is 6.27. The first-order valence-electron chi connectivity index (χ1n) is 7.31. The Labute approximate surface area is 133 Å². The van der Waals surface area contributed by atoms with E-state index in [2.05, 4.69) is 9.97 Å². The molecule has 2 heterocycles. The maximum absolute atomic E-state index is 11.8. The fourth-order valence-electron chi connectivity index (χ4n) is 2.81. The Morgan fingerprint density at radius 3 is 2.77 bits per heavy atom. The fraction of sp³-hybridized carbons (Fsp3) is 0.643. The first kappa shape index (κ1) is 15.3. The van der Waals surface area contributed by atoms with Crippen LogP contribution < -0.4 is 10.6 Å². The molecule has 2 N–H and O–H groups in total. The largest absolute Gasteiger partial charge is 0.464 e. The maximum Gasteiger partial charge on any atom is 0.359 e. The molecule has 0 spiro atoms. The smallest absolute Gasteiger partial charge is 0.359 e. The molecule has 1 saturated heterocycles. The average Bonchev–Trinajstić information content (AvgIpc) is 3.32. The second-order valence-corrected chi connectivity index (χ2v) is 6.14. The van der Waals surface area contributed by atoms with E-state index in [1.165, 1.54) is 20.0 Å². The zero-order chi connectivity index (χ0) is 15.9. The Balaban J connectivity index is 1.92. The number of rotatable bonds is 3. The lowest BCUT2D eigenvalue weighted by molar-refractivity contribution is -0.0273. The Hall–Kier alpha value is -1.60. The van der Waals surface area contributed by atoms with Gasteiger partial charge in [0.1, 0.15) is 5.69 Å². The molecule has 7 nitrogen and oxygen atoms in total. The number of aromatic nitrogens is 2. The number of hydrogen-bond donors (Lipinski definition) is 1. The Morgan fingerprint density at radius 1 is 1.41 bits per heavy atom. The monoisotopic (exact) mass is 326 g/mol. The molecular weight excluding hydrogens is 308 g/mol. The van der Waals surface area contributed by atoms with E-state index in [-0.39, 0.29) is 28.9 Å². The predicted octanol–water partition coefficient (Wildman–Crippen LogP) is 1.50. The number of morpholine rings is 1. The van der Waals surface area contributed by atoms with Gasteiger partial charge in [-0.1, -0.05) is 0 Å². The minimum absolute atomic E-state index is 0.000355. The molecule has 1 aliphatic heterocycles. The first-order valence-corrected chi connectivity index (χ1v) is 7.69. The van der Waals surface area contributed by atoms with Crippen molar-refractivity contribution in [1.82, 2.24) is 9.97 Å². The van der Waals surface area contributed by atoms with Crippen LogP contribution in [0.1, 0.15) is 30.3 Å². The standard InChI is InChI=1S/C14H19ClN4O3/c1-7-5-19(6-9(22-7)8-3-4-8)12-10(16)11(13(20)21-2)17-14(15)18-12/h7-9H,3-6,16H2,1-2H3. The first-order chi connectivity index (χ1) is 10.5. The van der Waals surface area contributed by atoms with Crippen LogP contribution in [0.3, 0.4) is 0 Å². The lowest BCUT2D eigenvalue weighted by atomic mass is 10.1. The Kier molecular flexibility index (Phi) is 4.10. The van der Waals surface area contributed by atoms with Crippen LogP contribution in [-0.4, -0.2) is 48.3 Å². The van der Waals surface area contributed by atoms with Crippen LogP contribution in [0.5, 0.6) is 0 Å². The van der Waals surface area contributed by atoms with E-state index in [1.54, 1.807) is 0 Å². The summed E-state index contributed by atoms with van der Waals surface area (Å²) in [5.74, 6) is 0.452. The number of nitrogens with zero attached hydrogens (tertiary/aromatic N) is 3. The van der Waals surface area contributed by atoms with E-state index in [0.717, 1.165) is 0 Å². The lowest BCUT2D eigenvalue weighted by Crippen LogP contribution is -2.48. The zero-order valence-electron chi connectivity index (χ0n) is 12.6. The van der Waals surface area contributed by atoms with E-state index < -0.39 is 5.97 Å². The SMILES string of the molecule is COC(=O)c1nc(Cl)nc(N2CC(C)OC(C3CC3)C2)c1N. The van der Waals surface area contributed by atoms with Crippen molar-refractivity contribution in [1.29, 1.82) is 0 Å². The van der Waals surface area contributed by atoms with Crippen LogP contribution in [-0.2, 0) is 9.47 Å². The lowest BCUT2D eigenvalue weighted by Gasteiger charge is -2.38. The van der Waals surface area contributed by atoms with E-state index in [9.17, 15) is 4.79 Å². The van der Waals surface area contributed by atoms with Gasteiger partial charge in [-0.05, 0) is 37.3 Å². The molecule has 1 aliphatic carbocycles. The summed E-state index contributed by atoms with van der Waals surface area (Å²) < 4.78 is 10.7. The van der Waals surface area contributed by atoms with Crippen molar-refractivity contribution in [2.75, 3.05) is 30.8 Å². The maximum atomic E-state index is 11.8. The highest BCUT2D eigenvalue weighted by molar-refractivity contribution is 6.28. The van der Waals surface area contributed by atoms with Gasteiger partial charge in [-0.2, -0.15) is 4.98 Å². The van der Waals surface area contributed by atoms with Gasteiger partial charge in [-0.15, -0.1) is 0 Å². The van der Waals surface area contributed by atoms with E-state index in [4.69, 9.17) is 26.8 Å². The summed E-state index contributed by atoms with van der Waals surface area (Å²) in [6.07, 6.45) is 2.62. The third kappa shape index (κ3) is 2.96. The van der Waals surface area contributed by atoms with Crippen molar-refractivity contribution in [3.05, 3.63) is 11.0 Å². The number of ether oxygens (including phenoxy) is 2. The van der Waals surface area contributed by atoms with Crippen LogP contribution in [0, 0.1) is 5.92 Å². The van der Waals surface area contributed by atoms with E-state index in [1.807, 2.05) is 11.8 Å². The van der Waals surface area contributed by atoms with Gasteiger partial charge in [-0.3, -0.25) is 0 Å². The predicted molar refractivity (Wildman–Crippen MR) is 82.1 cm³/mol. The molecule has 0 amide bonds. The number of hydrogen-bond acceptors (Lipinski definition) is 7. The van der Waals surface area contributed by atoms with Crippen molar-refractivity contribution in [3.63, 3.8) is 0 Å². The van der Waals surface area contributed by atoms with Crippen LogP contribution in [0.2, 0.25) is 5.28 Å². The molecule has 1 saturated carbocycles. The topological polar surface area (TPSA) is 90.6 Å². The quantitative estimate of drug-likeness (QED) is 0.665. The van der Waals surface area contributed by atoms with E-state index in [0.29, 0.717) is 24.8 Å². The van der Waals surface area contributed by atoms with Crippen LogP contribution >= 0.6 is 11.6 Å². The second kappa shape index (κ2) is 5.89. The molecule has 0 bridgehead atoms. The number of carbonyl (C=O) groups excluding carboxylic acids is 1. The summed E-state index contributed by atoms with van der Waals surface area (Å²) >= 11 is 5.95. The zero-order valence-corrected chi connectivity index (χ0v) is 13.3. The number of esters is 1. The van der Waals surface area contributed by atoms with Crippen LogP contribution in [0.4, 0.5) is 11.5 Å². The number of nitrogens with two attached hydrogens (primary N) is 1. The summed E-state index contributed by atoms with van der Waals surface area (Å²) in [6.45, 7) is 3.34. The molecule has 0 radical (unpaired) electrons. The Morgan fingerprint density at radius 2 is 2.14 bits per heavy atom. The van der Waals surface area contributed by atoms with Gasteiger partial charge in [-0.25, -0.2) is 9.78 Å². The fourth-order valence-corrected chi connectivity index (χ4v) is 2.98. The minimum Gasteiger partial charge on any atom is -0.464 e. The van der Waals surface area contributed by atoms with Crippen LogP contribution in [0.25, 0.3) is 0 Å². The van der Waals surface area contributed by atoms with Gasteiger partial charge in [0.15, 0.2) is 11.5 Å². The summed E-state index contributed by atoms with van der Waals surface area (Å²) in [4.78, 5) is 21.9. The molecule has 8 heteroatoms. The summed E-state index contributed by atoms with van der Waals surface area (Å²) in [5, 5.41) is -0.0216. The van der Waals surface area contributed by atoms with Gasteiger partial charge in [0.2, 0.25) is 5.28 Å². The van der Waals surface area contributed by atoms with E-state index >= 15 is 0 Å². The number of carbonyl (C=O) groups is 1. The van der Waals surface area contributed by atoms with Crippen molar-refractivity contribution in [2.24, 2.45) is 5.92 Å². The molecule has 120 valence electrons. The Bertz CT molecular complexity index is 594.